The van der Waals surface area contributed by atoms with Crippen LogP contribution in [0.1, 0.15) is 56.2 Å². The molecule has 0 amide bonds. The molecule has 30 heavy (non-hydrogen) atoms. The molecule has 0 atom stereocenters. The lowest BCUT2D eigenvalue weighted by molar-refractivity contribution is 0.649. The number of nitrogens with two attached hydrogens (primary N) is 1. The molecule has 6 nitrogen and oxygen atoms in total. The smallest absolute Gasteiger partial charge is 0.162 e. The van der Waals surface area contributed by atoms with E-state index in [1.165, 1.54) is 29.5 Å². The van der Waals surface area contributed by atoms with Crippen LogP contribution in [0.3, 0.4) is 0 Å². The number of fused-ring (bicyclic) bond motifs is 1. The molecule has 0 spiro atoms. The molecule has 0 bridgehead atoms. The molecular weight excluding hydrogens is 372 g/mol. The maximum atomic E-state index is 5.58. The second-order valence-electron chi connectivity index (χ2n) is 8.50. The van der Waals surface area contributed by atoms with Crippen LogP contribution in [-0.4, -0.2) is 27.7 Å². The first-order valence-corrected chi connectivity index (χ1v) is 11.2. The van der Waals surface area contributed by atoms with Gasteiger partial charge in [0.25, 0.3) is 0 Å². The van der Waals surface area contributed by atoms with Gasteiger partial charge in [-0.1, -0.05) is 56.5 Å². The third kappa shape index (κ3) is 6.20. The Balaban J connectivity index is 1.77. The van der Waals surface area contributed by atoms with Crippen molar-refractivity contribution in [1.29, 1.82) is 0 Å². The zero-order chi connectivity index (χ0) is 21.3. The summed E-state index contributed by atoms with van der Waals surface area (Å²) in [7, 11) is 0. The number of aryl methyl sites for hydroxylation is 1. The normalized spacial score (nSPS) is 11.4. The van der Waals surface area contributed by atoms with E-state index in [2.05, 4.69) is 66.8 Å². The number of unbranched alkanes of at least 4 members (excludes halogenated alkanes) is 3. The molecule has 0 aliphatic heterocycles. The van der Waals surface area contributed by atoms with Crippen LogP contribution in [-0.2, 0) is 13.0 Å². The molecule has 0 saturated carbocycles. The summed E-state index contributed by atoms with van der Waals surface area (Å²) in [6.45, 7) is 9.02. The van der Waals surface area contributed by atoms with Crippen molar-refractivity contribution < 1.29 is 0 Å². The van der Waals surface area contributed by atoms with Gasteiger partial charge in [0, 0.05) is 24.7 Å². The molecule has 0 aliphatic carbocycles. The summed E-state index contributed by atoms with van der Waals surface area (Å²) in [6, 6.07) is 10.6. The lowest BCUT2D eigenvalue weighted by atomic mass is 10.1. The highest BCUT2D eigenvalue weighted by molar-refractivity contribution is 5.60. The van der Waals surface area contributed by atoms with Crippen LogP contribution >= 0.6 is 0 Å². The Morgan fingerprint density at radius 1 is 1.07 bits per heavy atom. The van der Waals surface area contributed by atoms with Crippen LogP contribution < -0.4 is 16.4 Å². The zero-order valence-corrected chi connectivity index (χ0v) is 18.6. The highest BCUT2D eigenvalue weighted by Crippen LogP contribution is 2.22. The topological polar surface area (TPSA) is 80.3 Å². The van der Waals surface area contributed by atoms with Crippen molar-refractivity contribution in [3.05, 3.63) is 53.2 Å². The molecular formula is C24H36N6. The van der Waals surface area contributed by atoms with E-state index in [9.17, 15) is 0 Å². The molecule has 0 fully saturated rings. The molecule has 2 aromatic heterocycles. The Labute approximate surface area is 180 Å². The molecule has 0 saturated heterocycles. The van der Waals surface area contributed by atoms with Crippen molar-refractivity contribution in [2.75, 3.05) is 23.7 Å². The van der Waals surface area contributed by atoms with Crippen molar-refractivity contribution in [3.8, 4) is 0 Å². The lowest BCUT2D eigenvalue weighted by Crippen LogP contribution is -2.10. The van der Waals surface area contributed by atoms with Crippen molar-refractivity contribution >= 4 is 17.3 Å². The molecule has 1 aromatic carbocycles. The Morgan fingerprint density at radius 3 is 2.67 bits per heavy atom. The summed E-state index contributed by atoms with van der Waals surface area (Å²) in [4.78, 5) is 4.88. The maximum Gasteiger partial charge on any atom is 0.162 e. The zero-order valence-electron chi connectivity index (χ0n) is 18.6. The van der Waals surface area contributed by atoms with E-state index >= 15 is 0 Å². The van der Waals surface area contributed by atoms with E-state index in [4.69, 9.17) is 10.7 Å². The average molecular weight is 409 g/mol. The van der Waals surface area contributed by atoms with Crippen LogP contribution in [0.4, 0.5) is 11.6 Å². The van der Waals surface area contributed by atoms with Gasteiger partial charge in [0.1, 0.15) is 11.6 Å². The number of nitrogens with one attached hydrogen (secondary N) is 2. The molecule has 4 N–H and O–H groups in total. The van der Waals surface area contributed by atoms with E-state index in [0.29, 0.717) is 5.92 Å². The van der Waals surface area contributed by atoms with Crippen LogP contribution in [0.25, 0.3) is 5.65 Å². The van der Waals surface area contributed by atoms with Crippen LogP contribution in [0.5, 0.6) is 0 Å². The van der Waals surface area contributed by atoms with E-state index in [1.807, 2.05) is 10.7 Å². The first kappa shape index (κ1) is 22.1. The Morgan fingerprint density at radius 2 is 1.90 bits per heavy atom. The summed E-state index contributed by atoms with van der Waals surface area (Å²) < 4.78 is 1.93. The number of benzene rings is 1. The third-order valence-corrected chi connectivity index (χ3v) is 5.17. The molecule has 3 rings (SSSR count). The fraction of sp³-hybridized carbons (Fsp3) is 0.500. The van der Waals surface area contributed by atoms with Crippen molar-refractivity contribution in [2.24, 2.45) is 11.7 Å². The lowest BCUT2D eigenvalue weighted by Gasteiger charge is -2.13. The number of nitrogens with zero attached hydrogens (tertiary/aromatic N) is 3. The molecule has 3 aromatic rings. The molecule has 2 heterocycles. The van der Waals surface area contributed by atoms with Crippen molar-refractivity contribution in [1.82, 2.24) is 14.6 Å². The summed E-state index contributed by atoms with van der Waals surface area (Å²) >= 11 is 0. The minimum Gasteiger partial charge on any atom is -0.370 e. The molecule has 0 aliphatic rings. The number of anilines is 2. The molecule has 6 heteroatoms. The van der Waals surface area contributed by atoms with Crippen molar-refractivity contribution in [2.45, 2.75) is 59.4 Å². The fourth-order valence-corrected chi connectivity index (χ4v) is 3.66. The van der Waals surface area contributed by atoms with Gasteiger partial charge in [-0.2, -0.15) is 9.61 Å². The maximum absolute atomic E-state index is 5.58. The minimum absolute atomic E-state index is 0.558. The fourth-order valence-electron chi connectivity index (χ4n) is 3.66. The second-order valence-corrected chi connectivity index (χ2v) is 8.50. The highest BCUT2D eigenvalue weighted by atomic mass is 15.3. The first-order valence-electron chi connectivity index (χ1n) is 11.2. The van der Waals surface area contributed by atoms with E-state index in [-0.39, 0.29) is 0 Å². The standard InChI is InChI=1S/C24H36N6/c1-18(2)13-21-17-28-30-23(27-16-20-10-8-9-19(3)14-20)15-22(29-24(21)30)26-12-7-5-4-6-11-25/h8-10,14-15,17-18,27H,4-7,11-13,16,25H2,1-3H3,(H,26,29). The van der Waals surface area contributed by atoms with Gasteiger partial charge in [-0.3, -0.25) is 0 Å². The molecule has 0 radical (unpaired) electrons. The van der Waals surface area contributed by atoms with Gasteiger partial charge in [0.15, 0.2) is 5.65 Å². The molecule has 0 unspecified atom stereocenters. The number of aromatic nitrogens is 3. The predicted octanol–water partition coefficient (Wildman–Crippen LogP) is 4.78. The van der Waals surface area contributed by atoms with Gasteiger partial charge in [0.2, 0.25) is 0 Å². The van der Waals surface area contributed by atoms with Gasteiger partial charge in [0.05, 0.1) is 6.20 Å². The van der Waals surface area contributed by atoms with Gasteiger partial charge >= 0.3 is 0 Å². The summed E-state index contributed by atoms with van der Waals surface area (Å²) in [5.41, 5.74) is 10.2. The summed E-state index contributed by atoms with van der Waals surface area (Å²) in [6.07, 6.45) is 7.53. The van der Waals surface area contributed by atoms with Crippen LogP contribution in [0, 0.1) is 12.8 Å². The average Bonchev–Trinajstić information content (AvgIpc) is 3.11. The van der Waals surface area contributed by atoms with Gasteiger partial charge in [-0.05, 0) is 44.2 Å². The van der Waals surface area contributed by atoms with Gasteiger partial charge in [-0.15, -0.1) is 0 Å². The monoisotopic (exact) mass is 408 g/mol. The van der Waals surface area contributed by atoms with E-state index in [0.717, 1.165) is 56.2 Å². The van der Waals surface area contributed by atoms with E-state index < -0.39 is 0 Å². The number of rotatable bonds is 12. The Bertz CT molecular complexity index is 931. The van der Waals surface area contributed by atoms with Gasteiger partial charge < -0.3 is 16.4 Å². The van der Waals surface area contributed by atoms with Crippen LogP contribution in [0.2, 0.25) is 0 Å². The Hall–Kier alpha value is -2.60. The number of hydrogen-bond acceptors (Lipinski definition) is 5. The minimum atomic E-state index is 0.558. The summed E-state index contributed by atoms with van der Waals surface area (Å²) in [5, 5.41) is 11.7. The number of hydrogen-bond donors (Lipinski definition) is 3. The predicted molar refractivity (Wildman–Crippen MR) is 126 cm³/mol. The first-order chi connectivity index (χ1) is 14.6. The quantitative estimate of drug-likeness (QED) is 0.376. The SMILES string of the molecule is Cc1cccc(CNc2cc(NCCCCCCN)nc3c(CC(C)C)cnn23)c1. The summed E-state index contributed by atoms with van der Waals surface area (Å²) in [5.74, 6) is 2.42. The Kier molecular flexibility index (Phi) is 8.08. The van der Waals surface area contributed by atoms with Crippen LogP contribution in [0.15, 0.2) is 36.5 Å². The second kappa shape index (κ2) is 11.0. The van der Waals surface area contributed by atoms with E-state index in [1.54, 1.807) is 0 Å². The third-order valence-electron chi connectivity index (χ3n) is 5.17. The largest absolute Gasteiger partial charge is 0.370 e. The van der Waals surface area contributed by atoms with Gasteiger partial charge in [-0.25, -0.2) is 4.98 Å². The molecule has 162 valence electrons. The van der Waals surface area contributed by atoms with Crippen molar-refractivity contribution in [3.63, 3.8) is 0 Å². The highest BCUT2D eigenvalue weighted by Gasteiger charge is 2.13.